The Morgan fingerprint density at radius 2 is 1.32 bits per heavy atom. The van der Waals surface area contributed by atoms with Crippen LogP contribution in [-0.4, -0.2) is 23.5 Å². The number of nitrogens with zero attached hydrogens (tertiary/aromatic N) is 1. The van der Waals surface area contributed by atoms with Gasteiger partial charge < -0.3 is 0 Å². The van der Waals surface area contributed by atoms with E-state index in [0.717, 1.165) is 41.7 Å². The van der Waals surface area contributed by atoms with Crippen LogP contribution in [0, 0.1) is 29.6 Å². The minimum Gasteiger partial charge on any atom is -0.297 e. The molecule has 5 rings (SSSR count). The van der Waals surface area contributed by atoms with Crippen molar-refractivity contribution < 1.29 is 0 Å². The van der Waals surface area contributed by atoms with E-state index in [1.807, 2.05) is 0 Å². The summed E-state index contributed by atoms with van der Waals surface area (Å²) in [4.78, 5) is 3.07. The molecule has 4 saturated carbocycles. The normalized spacial score (nSPS) is 53.1. The molecule has 0 aromatic carbocycles. The summed E-state index contributed by atoms with van der Waals surface area (Å²) in [7, 11) is 0. The molecule has 0 aromatic heterocycles. The zero-order chi connectivity index (χ0) is 12.4. The van der Waals surface area contributed by atoms with Crippen molar-refractivity contribution in [2.75, 3.05) is 6.54 Å². The van der Waals surface area contributed by atoms with E-state index in [9.17, 15) is 0 Å². The average Bonchev–Trinajstić information content (AvgIpc) is 3.13. The highest BCUT2D eigenvalue weighted by atomic mass is 15.2. The largest absolute Gasteiger partial charge is 0.297 e. The Bertz CT molecular complexity index is 335. The molecule has 5 fully saturated rings. The van der Waals surface area contributed by atoms with Crippen LogP contribution in [0.15, 0.2) is 0 Å². The summed E-state index contributed by atoms with van der Waals surface area (Å²) in [6.45, 7) is 1.49. The lowest BCUT2D eigenvalue weighted by atomic mass is 9.88. The summed E-state index contributed by atoms with van der Waals surface area (Å²) in [5.41, 5.74) is 0. The van der Waals surface area contributed by atoms with Crippen LogP contribution in [0.25, 0.3) is 0 Å². The Kier molecular flexibility index (Phi) is 2.58. The van der Waals surface area contributed by atoms with Gasteiger partial charge in [-0.05, 0) is 74.5 Å². The lowest BCUT2D eigenvalue weighted by molar-refractivity contribution is 0.134. The van der Waals surface area contributed by atoms with Crippen LogP contribution in [0.4, 0.5) is 0 Å². The summed E-state index contributed by atoms with van der Waals surface area (Å²) in [6.07, 6.45) is 15.5. The van der Waals surface area contributed by atoms with E-state index < -0.39 is 0 Å². The SMILES string of the molecule is C1CCC(CN2C3CCC4CC5CCC2C5C43)CC1. The Hall–Kier alpha value is -0.0400. The Labute approximate surface area is 118 Å². The molecule has 0 aromatic rings. The van der Waals surface area contributed by atoms with E-state index in [1.54, 1.807) is 32.1 Å². The van der Waals surface area contributed by atoms with Gasteiger partial charge in [-0.3, -0.25) is 4.90 Å². The van der Waals surface area contributed by atoms with Crippen molar-refractivity contribution in [1.82, 2.24) is 4.90 Å². The van der Waals surface area contributed by atoms with Gasteiger partial charge in [0.05, 0.1) is 0 Å². The molecule has 1 heteroatoms. The van der Waals surface area contributed by atoms with Crippen LogP contribution in [0.5, 0.6) is 0 Å². The maximum absolute atomic E-state index is 3.07. The summed E-state index contributed by atoms with van der Waals surface area (Å²) < 4.78 is 0. The smallest absolute Gasteiger partial charge is 0.0133 e. The van der Waals surface area contributed by atoms with Crippen molar-refractivity contribution in [1.29, 1.82) is 0 Å². The van der Waals surface area contributed by atoms with Gasteiger partial charge in [0.25, 0.3) is 0 Å². The quantitative estimate of drug-likeness (QED) is 0.722. The first kappa shape index (κ1) is 11.6. The van der Waals surface area contributed by atoms with Crippen LogP contribution in [0.2, 0.25) is 0 Å². The van der Waals surface area contributed by atoms with Gasteiger partial charge in [-0.25, -0.2) is 0 Å². The van der Waals surface area contributed by atoms with E-state index in [4.69, 9.17) is 0 Å². The number of likely N-dealkylation sites (tertiary alicyclic amines) is 1. The lowest BCUT2D eigenvalue weighted by Gasteiger charge is -2.34. The Balaban J connectivity index is 1.38. The average molecular weight is 259 g/mol. The second kappa shape index (κ2) is 4.23. The van der Waals surface area contributed by atoms with Crippen molar-refractivity contribution in [3.63, 3.8) is 0 Å². The highest BCUT2D eigenvalue weighted by molar-refractivity contribution is 5.14. The topological polar surface area (TPSA) is 3.24 Å². The minimum absolute atomic E-state index is 1.03. The van der Waals surface area contributed by atoms with Crippen molar-refractivity contribution in [3.05, 3.63) is 0 Å². The Morgan fingerprint density at radius 1 is 0.684 bits per heavy atom. The molecule has 0 radical (unpaired) electrons. The maximum Gasteiger partial charge on any atom is 0.0133 e. The molecule has 6 atom stereocenters. The molecule has 106 valence electrons. The highest BCUT2D eigenvalue weighted by Crippen LogP contribution is 2.63. The third-order valence-corrected chi connectivity index (χ3v) is 7.74. The molecule has 0 spiro atoms. The zero-order valence-electron chi connectivity index (χ0n) is 12.3. The molecule has 0 N–H and O–H groups in total. The lowest BCUT2D eigenvalue weighted by Crippen LogP contribution is -2.40. The van der Waals surface area contributed by atoms with Gasteiger partial charge in [0.2, 0.25) is 0 Å². The molecule has 1 saturated heterocycles. The monoisotopic (exact) mass is 259 g/mol. The van der Waals surface area contributed by atoms with Gasteiger partial charge in [-0.2, -0.15) is 0 Å². The molecule has 1 aliphatic heterocycles. The third kappa shape index (κ3) is 1.57. The van der Waals surface area contributed by atoms with Crippen molar-refractivity contribution in [2.45, 2.75) is 76.3 Å². The van der Waals surface area contributed by atoms with Crippen molar-refractivity contribution in [2.24, 2.45) is 29.6 Å². The molecule has 5 aliphatic rings. The van der Waals surface area contributed by atoms with Gasteiger partial charge in [0.15, 0.2) is 0 Å². The molecule has 1 nitrogen and oxygen atoms in total. The predicted octanol–water partition coefficient (Wildman–Crippen LogP) is 4.08. The third-order valence-electron chi connectivity index (χ3n) is 7.74. The van der Waals surface area contributed by atoms with Crippen molar-refractivity contribution in [3.8, 4) is 0 Å². The Morgan fingerprint density at radius 3 is 1.95 bits per heavy atom. The first-order valence-electron chi connectivity index (χ1n) is 9.17. The first-order chi connectivity index (χ1) is 9.42. The molecule has 6 unspecified atom stereocenters. The predicted molar refractivity (Wildman–Crippen MR) is 77.9 cm³/mol. The standard InChI is InChI=1S/C18H29N/c1-2-4-12(5-3-1)11-19-15-8-6-13-10-14-7-9-16(19)18(14)17(13)15/h12-18H,1-11H2. The summed E-state index contributed by atoms with van der Waals surface area (Å²) in [6, 6.07) is 2.07. The van der Waals surface area contributed by atoms with Crippen LogP contribution in [-0.2, 0) is 0 Å². The van der Waals surface area contributed by atoms with Gasteiger partial charge in [0, 0.05) is 18.6 Å². The molecule has 19 heavy (non-hydrogen) atoms. The van der Waals surface area contributed by atoms with Gasteiger partial charge in [-0.15, -0.1) is 0 Å². The van der Waals surface area contributed by atoms with Crippen LogP contribution in [0.3, 0.4) is 0 Å². The molecule has 0 amide bonds. The second-order valence-electron chi connectivity index (χ2n) is 8.40. The van der Waals surface area contributed by atoms with E-state index in [2.05, 4.69) is 4.90 Å². The molecular formula is C18H29N. The number of hydrogen-bond donors (Lipinski definition) is 0. The van der Waals surface area contributed by atoms with Crippen molar-refractivity contribution >= 4 is 0 Å². The highest BCUT2D eigenvalue weighted by Gasteiger charge is 2.62. The van der Waals surface area contributed by atoms with Crippen LogP contribution in [0.1, 0.15) is 64.2 Å². The van der Waals surface area contributed by atoms with Gasteiger partial charge in [0.1, 0.15) is 0 Å². The minimum atomic E-state index is 1.03. The van der Waals surface area contributed by atoms with E-state index >= 15 is 0 Å². The number of rotatable bonds is 2. The van der Waals surface area contributed by atoms with E-state index in [1.165, 1.54) is 38.6 Å². The number of hydrogen-bond acceptors (Lipinski definition) is 1. The molecular weight excluding hydrogens is 230 g/mol. The molecule has 0 bridgehead atoms. The fourth-order valence-corrected chi connectivity index (χ4v) is 7.21. The summed E-state index contributed by atoms with van der Waals surface area (Å²) >= 11 is 0. The first-order valence-corrected chi connectivity index (χ1v) is 9.17. The fourth-order valence-electron chi connectivity index (χ4n) is 7.21. The fraction of sp³-hybridized carbons (Fsp3) is 1.00. The zero-order valence-corrected chi connectivity index (χ0v) is 12.3. The molecule has 4 aliphatic carbocycles. The van der Waals surface area contributed by atoms with Crippen LogP contribution < -0.4 is 0 Å². The maximum atomic E-state index is 3.07. The van der Waals surface area contributed by atoms with Gasteiger partial charge >= 0.3 is 0 Å². The molecule has 1 heterocycles. The van der Waals surface area contributed by atoms with E-state index in [0.29, 0.717) is 0 Å². The van der Waals surface area contributed by atoms with E-state index in [-0.39, 0.29) is 0 Å². The van der Waals surface area contributed by atoms with Crippen LogP contribution >= 0.6 is 0 Å². The second-order valence-corrected chi connectivity index (χ2v) is 8.40. The van der Waals surface area contributed by atoms with Gasteiger partial charge in [-0.1, -0.05) is 19.3 Å². The summed E-state index contributed by atoms with van der Waals surface area (Å²) in [5, 5.41) is 0. The summed E-state index contributed by atoms with van der Waals surface area (Å²) in [5.74, 6) is 5.67.